The third-order valence-corrected chi connectivity index (χ3v) is 5.28. The van der Waals surface area contributed by atoms with Crippen molar-refractivity contribution < 1.29 is 17.9 Å². The number of nitriles is 1. The molecule has 0 radical (unpaired) electrons. The Morgan fingerprint density at radius 3 is 2.65 bits per heavy atom. The molecule has 0 aliphatic carbocycles. The lowest BCUT2D eigenvalue weighted by molar-refractivity contribution is -0.137. The van der Waals surface area contributed by atoms with Crippen molar-refractivity contribution in [1.82, 2.24) is 4.90 Å². The zero-order chi connectivity index (χ0) is 18.6. The highest BCUT2D eigenvalue weighted by atomic mass is 32.1. The van der Waals surface area contributed by atoms with E-state index in [1.54, 1.807) is 17.4 Å². The van der Waals surface area contributed by atoms with Gasteiger partial charge in [0.25, 0.3) is 0 Å². The van der Waals surface area contributed by atoms with Gasteiger partial charge in [-0.15, -0.1) is 11.3 Å². The molecule has 2 heterocycles. The molecule has 1 N–H and O–H groups in total. The second kappa shape index (κ2) is 8.08. The van der Waals surface area contributed by atoms with Crippen LogP contribution in [0.3, 0.4) is 0 Å². The van der Waals surface area contributed by atoms with Gasteiger partial charge in [-0.2, -0.15) is 18.4 Å². The number of thiophene rings is 1. The summed E-state index contributed by atoms with van der Waals surface area (Å²) in [5.41, 5.74) is -0.929. The van der Waals surface area contributed by atoms with Crippen molar-refractivity contribution in [3.8, 4) is 6.07 Å². The van der Waals surface area contributed by atoms with E-state index in [9.17, 15) is 13.2 Å². The summed E-state index contributed by atoms with van der Waals surface area (Å²) in [5, 5.41) is 14.0. The first kappa shape index (κ1) is 18.7. The number of halogens is 3. The summed E-state index contributed by atoms with van der Waals surface area (Å²) in [7, 11) is 0. The van der Waals surface area contributed by atoms with Gasteiger partial charge in [-0.1, -0.05) is 6.07 Å². The minimum Gasteiger partial charge on any atom is -0.383 e. The molecule has 8 heteroatoms. The van der Waals surface area contributed by atoms with E-state index in [1.807, 2.05) is 17.5 Å². The Hall–Kier alpha value is -2.08. The number of nitrogens with one attached hydrogen (secondary N) is 1. The van der Waals surface area contributed by atoms with Crippen molar-refractivity contribution in [3.63, 3.8) is 0 Å². The van der Waals surface area contributed by atoms with E-state index in [-0.39, 0.29) is 11.6 Å². The monoisotopic (exact) mass is 381 g/mol. The molecule has 2 aromatic rings. The summed E-state index contributed by atoms with van der Waals surface area (Å²) in [6.07, 6.45) is -4.56. The molecule has 4 nitrogen and oxygen atoms in total. The molecule has 1 aromatic carbocycles. The van der Waals surface area contributed by atoms with Crippen LogP contribution in [0.5, 0.6) is 0 Å². The van der Waals surface area contributed by atoms with E-state index >= 15 is 0 Å². The first-order valence-corrected chi connectivity index (χ1v) is 9.07. The lowest BCUT2D eigenvalue weighted by Crippen LogP contribution is -2.41. The number of anilines is 1. The van der Waals surface area contributed by atoms with Gasteiger partial charge in [0.05, 0.1) is 36.5 Å². The van der Waals surface area contributed by atoms with E-state index in [4.69, 9.17) is 10.00 Å². The minimum atomic E-state index is -4.56. The van der Waals surface area contributed by atoms with Gasteiger partial charge >= 0.3 is 6.18 Å². The Labute approximate surface area is 153 Å². The summed E-state index contributed by atoms with van der Waals surface area (Å²) in [6, 6.07) is 9.39. The number of ether oxygens (including phenoxy) is 1. The number of rotatable bonds is 5. The van der Waals surface area contributed by atoms with E-state index in [2.05, 4.69) is 10.2 Å². The normalized spacial score (nSPS) is 16.8. The average molecular weight is 381 g/mol. The Morgan fingerprint density at radius 2 is 2.04 bits per heavy atom. The van der Waals surface area contributed by atoms with Gasteiger partial charge < -0.3 is 10.1 Å². The number of alkyl halides is 3. The van der Waals surface area contributed by atoms with Gasteiger partial charge in [-0.25, -0.2) is 0 Å². The molecule has 0 spiro atoms. The lowest BCUT2D eigenvalue weighted by atomic mass is 10.1. The largest absolute Gasteiger partial charge is 0.417 e. The maximum atomic E-state index is 13.1. The highest BCUT2D eigenvalue weighted by Crippen LogP contribution is 2.34. The van der Waals surface area contributed by atoms with Gasteiger partial charge in [0, 0.05) is 30.2 Å². The van der Waals surface area contributed by atoms with Crippen molar-refractivity contribution in [2.45, 2.75) is 12.2 Å². The van der Waals surface area contributed by atoms with E-state index in [1.165, 1.54) is 12.1 Å². The molecular formula is C18H18F3N3OS. The number of benzene rings is 1. The molecular weight excluding hydrogens is 363 g/mol. The topological polar surface area (TPSA) is 48.3 Å². The van der Waals surface area contributed by atoms with E-state index in [0.717, 1.165) is 24.0 Å². The summed E-state index contributed by atoms with van der Waals surface area (Å²) in [4.78, 5) is 3.43. The van der Waals surface area contributed by atoms with Crippen LogP contribution in [-0.4, -0.2) is 37.7 Å². The number of hydrogen-bond donors (Lipinski definition) is 1. The molecule has 1 atom stereocenters. The lowest BCUT2D eigenvalue weighted by Gasteiger charge is -2.34. The first-order chi connectivity index (χ1) is 12.5. The summed E-state index contributed by atoms with van der Waals surface area (Å²) < 4.78 is 44.8. The van der Waals surface area contributed by atoms with Gasteiger partial charge in [-0.05, 0) is 29.6 Å². The smallest absolute Gasteiger partial charge is 0.383 e. The van der Waals surface area contributed by atoms with Crippen LogP contribution in [0.25, 0.3) is 0 Å². The van der Waals surface area contributed by atoms with Crippen LogP contribution in [0.4, 0.5) is 18.9 Å². The predicted octanol–water partition coefficient (Wildman–Crippen LogP) is 4.12. The van der Waals surface area contributed by atoms with Crippen LogP contribution < -0.4 is 5.32 Å². The van der Waals surface area contributed by atoms with E-state index in [0.29, 0.717) is 25.4 Å². The average Bonchev–Trinajstić information content (AvgIpc) is 3.16. The fourth-order valence-corrected chi connectivity index (χ4v) is 3.84. The Kier molecular flexibility index (Phi) is 5.81. The Balaban J connectivity index is 1.78. The second-order valence-electron chi connectivity index (χ2n) is 5.93. The summed E-state index contributed by atoms with van der Waals surface area (Å²) in [6.45, 7) is 3.34. The molecule has 0 bridgehead atoms. The van der Waals surface area contributed by atoms with Crippen LogP contribution >= 0.6 is 11.3 Å². The van der Waals surface area contributed by atoms with Crippen LogP contribution in [0.2, 0.25) is 0 Å². The van der Waals surface area contributed by atoms with Gasteiger partial charge in [0.2, 0.25) is 0 Å². The minimum absolute atomic E-state index is 0.0591. The Bertz CT molecular complexity index is 765. The molecule has 26 heavy (non-hydrogen) atoms. The van der Waals surface area contributed by atoms with Crippen LogP contribution in [0, 0.1) is 11.3 Å². The summed E-state index contributed by atoms with van der Waals surface area (Å²) in [5.74, 6) is 0. The highest BCUT2D eigenvalue weighted by Gasteiger charge is 2.34. The molecule has 1 unspecified atom stereocenters. The van der Waals surface area contributed by atoms with Crippen LogP contribution in [-0.2, 0) is 10.9 Å². The Morgan fingerprint density at radius 1 is 1.27 bits per heavy atom. The van der Waals surface area contributed by atoms with Crippen molar-refractivity contribution in [1.29, 1.82) is 5.26 Å². The summed E-state index contributed by atoms with van der Waals surface area (Å²) >= 11 is 1.63. The zero-order valence-electron chi connectivity index (χ0n) is 13.9. The van der Waals surface area contributed by atoms with Crippen molar-refractivity contribution in [2.75, 3.05) is 38.2 Å². The van der Waals surface area contributed by atoms with Gasteiger partial charge in [-0.3, -0.25) is 4.90 Å². The van der Waals surface area contributed by atoms with Crippen LogP contribution in [0.1, 0.15) is 22.0 Å². The molecule has 1 aromatic heterocycles. The molecule has 1 fully saturated rings. The standard InChI is InChI=1S/C18H18F3N3OS/c19-18(20,21)15-10-14(4-3-13(15)11-22)23-12-16(17-2-1-9-26-17)24-5-7-25-8-6-24/h1-4,9-10,16,23H,5-8,12H2. The SMILES string of the molecule is N#Cc1ccc(NCC(c2cccs2)N2CCOCC2)cc1C(F)(F)F. The number of nitrogens with zero attached hydrogens (tertiary/aromatic N) is 2. The molecule has 0 amide bonds. The number of morpholine rings is 1. The quantitative estimate of drug-likeness (QED) is 0.846. The maximum absolute atomic E-state index is 13.1. The van der Waals surface area contributed by atoms with Crippen molar-refractivity contribution >= 4 is 17.0 Å². The van der Waals surface area contributed by atoms with E-state index < -0.39 is 11.7 Å². The second-order valence-corrected chi connectivity index (χ2v) is 6.91. The predicted molar refractivity (Wildman–Crippen MR) is 94.1 cm³/mol. The molecule has 138 valence electrons. The molecule has 1 aliphatic rings. The van der Waals surface area contributed by atoms with Gasteiger partial charge in [0.1, 0.15) is 0 Å². The molecule has 0 saturated carbocycles. The third-order valence-electron chi connectivity index (χ3n) is 4.30. The van der Waals surface area contributed by atoms with Crippen LogP contribution in [0.15, 0.2) is 35.7 Å². The first-order valence-electron chi connectivity index (χ1n) is 8.19. The number of hydrogen-bond acceptors (Lipinski definition) is 5. The van der Waals surface area contributed by atoms with Crippen molar-refractivity contribution in [3.05, 3.63) is 51.7 Å². The van der Waals surface area contributed by atoms with Gasteiger partial charge in [0.15, 0.2) is 0 Å². The van der Waals surface area contributed by atoms with Crippen molar-refractivity contribution in [2.24, 2.45) is 0 Å². The molecule has 1 saturated heterocycles. The fourth-order valence-electron chi connectivity index (χ4n) is 2.98. The maximum Gasteiger partial charge on any atom is 0.417 e. The molecule has 1 aliphatic heterocycles. The fraction of sp³-hybridized carbons (Fsp3) is 0.389. The molecule has 3 rings (SSSR count). The highest BCUT2D eigenvalue weighted by molar-refractivity contribution is 7.10. The zero-order valence-corrected chi connectivity index (χ0v) is 14.7. The third kappa shape index (κ3) is 4.36.